The van der Waals surface area contributed by atoms with Crippen molar-refractivity contribution in [1.29, 1.82) is 0 Å². The fourth-order valence-corrected chi connectivity index (χ4v) is 3.25. The van der Waals surface area contributed by atoms with E-state index in [9.17, 15) is 13.2 Å². The van der Waals surface area contributed by atoms with Gasteiger partial charge >= 0.3 is 0 Å². The fourth-order valence-electron chi connectivity index (χ4n) is 2.19. The summed E-state index contributed by atoms with van der Waals surface area (Å²) in [6, 6.07) is 9.59. The number of anilines is 1. The first-order valence-electron chi connectivity index (χ1n) is 7.59. The molecular weight excluding hydrogens is 356 g/mol. The molecule has 1 aromatic carbocycles. The molecule has 0 saturated heterocycles. The van der Waals surface area contributed by atoms with Crippen molar-refractivity contribution in [3.05, 3.63) is 72.5 Å². The summed E-state index contributed by atoms with van der Waals surface area (Å²) in [6.45, 7) is 3.78. The molecule has 8 nitrogen and oxygen atoms in total. The monoisotopic (exact) mass is 372 g/mol. The number of sulfonamides is 1. The van der Waals surface area contributed by atoms with Crippen LogP contribution in [0.5, 0.6) is 0 Å². The third-order valence-corrected chi connectivity index (χ3v) is 4.91. The second-order valence-corrected chi connectivity index (χ2v) is 6.97. The minimum absolute atomic E-state index is 0.0507. The molecular formula is C17H16N4O4S. The van der Waals surface area contributed by atoms with Gasteiger partial charge in [-0.3, -0.25) is 14.6 Å². The number of carbonyl (C=O) groups is 1. The van der Waals surface area contributed by atoms with Crippen molar-refractivity contribution in [2.75, 3.05) is 4.72 Å². The summed E-state index contributed by atoms with van der Waals surface area (Å²) in [5.41, 5.74) is 0.780. The summed E-state index contributed by atoms with van der Waals surface area (Å²) in [5.74, 6) is 0.0284. The van der Waals surface area contributed by atoms with Crippen LogP contribution in [0.4, 0.5) is 5.69 Å². The van der Waals surface area contributed by atoms with Crippen molar-refractivity contribution in [2.45, 2.75) is 11.4 Å². The van der Waals surface area contributed by atoms with E-state index in [1.807, 2.05) is 0 Å². The molecule has 0 aliphatic rings. The number of carbonyl (C=O) groups excluding carboxylic acids is 1. The molecule has 0 saturated carbocycles. The minimum atomic E-state index is -3.87. The molecule has 0 spiro atoms. The molecule has 3 N–H and O–H groups in total. The first-order chi connectivity index (χ1) is 12.5. The standard InChI is InChI=1S/C17H16N4O4S/c1-2-12-5-7-14(8-6-12)26(23,24)21-15-11-19-20-16(15)17(22)18-10-13-4-3-9-25-13/h2-9,11,21H,1,10H2,(H,18,22)(H,19,20). The molecule has 3 aromatic rings. The van der Waals surface area contributed by atoms with E-state index in [4.69, 9.17) is 4.42 Å². The second kappa shape index (κ2) is 7.28. The lowest BCUT2D eigenvalue weighted by Crippen LogP contribution is -2.24. The maximum absolute atomic E-state index is 12.5. The van der Waals surface area contributed by atoms with Gasteiger partial charge in [0.2, 0.25) is 0 Å². The van der Waals surface area contributed by atoms with E-state index >= 15 is 0 Å². The first kappa shape index (κ1) is 17.5. The summed E-state index contributed by atoms with van der Waals surface area (Å²) in [7, 11) is -3.87. The van der Waals surface area contributed by atoms with E-state index in [-0.39, 0.29) is 22.8 Å². The third kappa shape index (κ3) is 3.83. The highest BCUT2D eigenvalue weighted by molar-refractivity contribution is 7.92. The zero-order chi connectivity index (χ0) is 18.6. The lowest BCUT2D eigenvalue weighted by Gasteiger charge is -2.08. The maximum atomic E-state index is 12.5. The first-order valence-corrected chi connectivity index (χ1v) is 9.07. The molecule has 0 unspecified atom stereocenters. The van der Waals surface area contributed by atoms with Crippen LogP contribution in [-0.4, -0.2) is 24.5 Å². The van der Waals surface area contributed by atoms with E-state index < -0.39 is 15.9 Å². The van der Waals surface area contributed by atoms with E-state index in [0.29, 0.717) is 5.76 Å². The topological polar surface area (TPSA) is 117 Å². The van der Waals surface area contributed by atoms with Crippen LogP contribution in [0, 0.1) is 0 Å². The number of aromatic amines is 1. The Balaban J connectivity index is 1.74. The average molecular weight is 372 g/mol. The summed E-state index contributed by atoms with van der Waals surface area (Å²) < 4.78 is 32.5. The average Bonchev–Trinajstić information content (AvgIpc) is 3.31. The van der Waals surface area contributed by atoms with Gasteiger partial charge in [-0.15, -0.1) is 0 Å². The number of nitrogens with zero attached hydrogens (tertiary/aromatic N) is 1. The van der Waals surface area contributed by atoms with Crippen LogP contribution in [-0.2, 0) is 16.6 Å². The van der Waals surface area contributed by atoms with Gasteiger partial charge in [0.25, 0.3) is 15.9 Å². The smallest absolute Gasteiger partial charge is 0.274 e. The van der Waals surface area contributed by atoms with Gasteiger partial charge in [-0.25, -0.2) is 8.42 Å². The fraction of sp³-hybridized carbons (Fsp3) is 0.0588. The van der Waals surface area contributed by atoms with Crippen LogP contribution in [0.2, 0.25) is 0 Å². The van der Waals surface area contributed by atoms with Gasteiger partial charge in [0.05, 0.1) is 23.4 Å². The summed E-state index contributed by atoms with van der Waals surface area (Å²) in [5, 5.41) is 8.91. The number of benzene rings is 1. The van der Waals surface area contributed by atoms with Gasteiger partial charge in [-0.2, -0.15) is 5.10 Å². The molecule has 0 atom stereocenters. The molecule has 0 aliphatic heterocycles. The van der Waals surface area contributed by atoms with Gasteiger partial charge in [0, 0.05) is 6.20 Å². The highest BCUT2D eigenvalue weighted by atomic mass is 32.2. The van der Waals surface area contributed by atoms with E-state index in [0.717, 1.165) is 5.56 Å². The van der Waals surface area contributed by atoms with Crippen LogP contribution in [0.25, 0.3) is 6.08 Å². The molecule has 2 aromatic heterocycles. The Kier molecular flexibility index (Phi) is 4.90. The lowest BCUT2D eigenvalue weighted by molar-refractivity contribution is 0.0944. The zero-order valence-electron chi connectivity index (χ0n) is 13.6. The number of furan rings is 1. The molecule has 0 aliphatic carbocycles. The van der Waals surface area contributed by atoms with Crippen molar-refractivity contribution in [2.24, 2.45) is 0 Å². The summed E-state index contributed by atoms with van der Waals surface area (Å²) in [4.78, 5) is 12.3. The molecule has 2 heterocycles. The van der Waals surface area contributed by atoms with Gasteiger partial charge < -0.3 is 9.73 Å². The van der Waals surface area contributed by atoms with Crippen molar-refractivity contribution in [3.8, 4) is 0 Å². The van der Waals surface area contributed by atoms with Crippen LogP contribution in [0.15, 0.2) is 64.7 Å². The van der Waals surface area contributed by atoms with Gasteiger partial charge in [0.15, 0.2) is 5.69 Å². The van der Waals surface area contributed by atoms with Crippen LogP contribution >= 0.6 is 0 Å². The third-order valence-electron chi connectivity index (χ3n) is 3.53. The number of rotatable bonds is 7. The Morgan fingerprint density at radius 2 is 2.04 bits per heavy atom. The molecule has 3 rings (SSSR count). The Morgan fingerprint density at radius 3 is 2.69 bits per heavy atom. The van der Waals surface area contributed by atoms with Crippen LogP contribution in [0.3, 0.4) is 0 Å². The SMILES string of the molecule is C=Cc1ccc(S(=O)(=O)Nc2c[nH]nc2C(=O)NCc2ccco2)cc1. The highest BCUT2D eigenvalue weighted by Crippen LogP contribution is 2.19. The Hall–Kier alpha value is -3.33. The molecule has 0 bridgehead atoms. The number of hydrogen-bond donors (Lipinski definition) is 3. The molecule has 134 valence electrons. The highest BCUT2D eigenvalue weighted by Gasteiger charge is 2.21. The molecule has 0 fully saturated rings. The van der Waals surface area contributed by atoms with Crippen molar-refractivity contribution < 1.29 is 17.6 Å². The predicted molar refractivity (Wildman–Crippen MR) is 95.8 cm³/mol. The molecule has 1 amide bonds. The number of amides is 1. The van der Waals surface area contributed by atoms with Crippen LogP contribution < -0.4 is 10.0 Å². The molecule has 9 heteroatoms. The van der Waals surface area contributed by atoms with Crippen LogP contribution in [0.1, 0.15) is 21.8 Å². The second-order valence-electron chi connectivity index (χ2n) is 5.29. The quantitative estimate of drug-likeness (QED) is 0.589. The van der Waals surface area contributed by atoms with Crippen molar-refractivity contribution in [1.82, 2.24) is 15.5 Å². The Morgan fingerprint density at radius 1 is 1.27 bits per heavy atom. The number of nitrogens with one attached hydrogen (secondary N) is 3. The molecule has 26 heavy (non-hydrogen) atoms. The minimum Gasteiger partial charge on any atom is -0.467 e. The van der Waals surface area contributed by atoms with Crippen molar-refractivity contribution >= 4 is 27.7 Å². The lowest BCUT2D eigenvalue weighted by atomic mass is 10.2. The summed E-state index contributed by atoms with van der Waals surface area (Å²) >= 11 is 0. The van der Waals surface area contributed by atoms with Gasteiger partial charge in [-0.05, 0) is 29.8 Å². The Bertz CT molecular complexity index is 1010. The zero-order valence-corrected chi connectivity index (χ0v) is 14.4. The normalized spacial score (nSPS) is 11.1. The van der Waals surface area contributed by atoms with E-state index in [1.54, 1.807) is 30.3 Å². The molecule has 0 radical (unpaired) electrons. The van der Waals surface area contributed by atoms with E-state index in [1.165, 1.54) is 24.6 Å². The summed E-state index contributed by atoms with van der Waals surface area (Å²) in [6.07, 6.45) is 4.41. The van der Waals surface area contributed by atoms with E-state index in [2.05, 4.69) is 26.8 Å². The van der Waals surface area contributed by atoms with Crippen molar-refractivity contribution in [3.63, 3.8) is 0 Å². The largest absolute Gasteiger partial charge is 0.467 e. The van der Waals surface area contributed by atoms with Gasteiger partial charge in [-0.1, -0.05) is 24.8 Å². The number of H-pyrrole nitrogens is 1. The number of hydrogen-bond acceptors (Lipinski definition) is 5. The van der Waals surface area contributed by atoms with Gasteiger partial charge in [0.1, 0.15) is 5.76 Å². The maximum Gasteiger partial charge on any atom is 0.274 e. The number of aromatic nitrogens is 2. The predicted octanol–water partition coefficient (Wildman–Crippen LogP) is 2.38. The Labute approximate surface area is 150 Å².